The number of nitrogen functional groups attached to an aromatic ring is 1. The Labute approximate surface area is 102 Å². The fourth-order valence-electron chi connectivity index (χ4n) is 1.49. The molecule has 2 N–H and O–H groups in total. The van der Waals surface area contributed by atoms with Gasteiger partial charge in [0.25, 0.3) is 0 Å². The number of carbonyl (C=O) groups is 2. The van der Waals surface area contributed by atoms with Crippen LogP contribution in [-0.2, 0) is 14.3 Å². The fraction of sp³-hybridized carbons (Fsp3) is 0.273. The summed E-state index contributed by atoms with van der Waals surface area (Å²) in [5, 5.41) is 0.272. The van der Waals surface area contributed by atoms with E-state index in [4.69, 9.17) is 22.1 Å². The van der Waals surface area contributed by atoms with Crippen LogP contribution in [0.2, 0.25) is 5.02 Å². The van der Waals surface area contributed by atoms with Gasteiger partial charge in [0.2, 0.25) is 6.10 Å². The second-order valence-corrected chi connectivity index (χ2v) is 3.96. The summed E-state index contributed by atoms with van der Waals surface area (Å²) in [7, 11) is 0. The molecule has 6 heteroatoms. The van der Waals surface area contributed by atoms with Crippen molar-refractivity contribution in [3.63, 3.8) is 0 Å². The Hall–Kier alpha value is -1.75. The summed E-state index contributed by atoms with van der Waals surface area (Å²) >= 11 is 5.78. The zero-order valence-corrected chi connectivity index (χ0v) is 9.57. The van der Waals surface area contributed by atoms with Gasteiger partial charge < -0.3 is 15.2 Å². The van der Waals surface area contributed by atoms with E-state index < -0.39 is 18.0 Å². The maximum Gasteiger partial charge on any atom is 0.347 e. The SMILES string of the molecule is Nc1c(Cl)cccc1C(=O)OC1CCOC1=O. The van der Waals surface area contributed by atoms with E-state index in [2.05, 4.69) is 4.74 Å². The van der Waals surface area contributed by atoms with Crippen LogP contribution in [0.1, 0.15) is 16.8 Å². The second kappa shape index (κ2) is 4.63. The number of nitrogens with two attached hydrogens (primary N) is 1. The molecule has 5 nitrogen and oxygen atoms in total. The summed E-state index contributed by atoms with van der Waals surface area (Å²) < 4.78 is 9.68. The van der Waals surface area contributed by atoms with Crippen LogP contribution < -0.4 is 5.73 Å². The number of carbonyl (C=O) groups excluding carboxylic acids is 2. The van der Waals surface area contributed by atoms with Gasteiger partial charge in [-0.3, -0.25) is 0 Å². The highest BCUT2D eigenvalue weighted by Crippen LogP contribution is 2.24. The Balaban J connectivity index is 2.14. The van der Waals surface area contributed by atoms with E-state index in [1.54, 1.807) is 12.1 Å². The van der Waals surface area contributed by atoms with Crippen molar-refractivity contribution in [2.45, 2.75) is 12.5 Å². The molecular weight excluding hydrogens is 246 g/mol. The van der Waals surface area contributed by atoms with E-state index in [1.807, 2.05) is 0 Å². The largest absolute Gasteiger partial charge is 0.463 e. The second-order valence-electron chi connectivity index (χ2n) is 3.55. The number of hydrogen-bond donors (Lipinski definition) is 1. The summed E-state index contributed by atoms with van der Waals surface area (Å²) in [6, 6.07) is 4.64. The number of para-hydroxylation sites is 1. The molecule has 17 heavy (non-hydrogen) atoms. The zero-order chi connectivity index (χ0) is 12.4. The molecule has 1 unspecified atom stereocenters. The molecule has 0 saturated carbocycles. The maximum absolute atomic E-state index is 11.8. The van der Waals surface area contributed by atoms with Gasteiger partial charge in [0, 0.05) is 6.42 Å². The van der Waals surface area contributed by atoms with Crippen LogP contribution in [0.25, 0.3) is 0 Å². The minimum Gasteiger partial charge on any atom is -0.463 e. The van der Waals surface area contributed by atoms with Crippen molar-refractivity contribution >= 4 is 29.2 Å². The first-order chi connectivity index (χ1) is 8.09. The van der Waals surface area contributed by atoms with Crippen LogP contribution in [0.4, 0.5) is 5.69 Å². The average Bonchev–Trinajstić information content (AvgIpc) is 2.68. The van der Waals surface area contributed by atoms with Gasteiger partial charge in [-0.1, -0.05) is 17.7 Å². The lowest BCUT2D eigenvalue weighted by atomic mass is 10.2. The van der Waals surface area contributed by atoms with Crippen LogP contribution in [-0.4, -0.2) is 24.6 Å². The lowest BCUT2D eigenvalue weighted by Crippen LogP contribution is -2.23. The number of hydrogen-bond acceptors (Lipinski definition) is 5. The minimum atomic E-state index is -0.846. The third-order valence-electron chi connectivity index (χ3n) is 2.41. The molecule has 0 bridgehead atoms. The predicted molar refractivity (Wildman–Crippen MR) is 60.6 cm³/mol. The quantitative estimate of drug-likeness (QED) is 0.638. The highest BCUT2D eigenvalue weighted by molar-refractivity contribution is 6.33. The maximum atomic E-state index is 11.8. The van der Waals surface area contributed by atoms with Crippen molar-refractivity contribution in [2.75, 3.05) is 12.3 Å². The number of ether oxygens (including phenoxy) is 2. The highest BCUT2D eigenvalue weighted by atomic mass is 35.5. The van der Waals surface area contributed by atoms with Crippen LogP contribution >= 0.6 is 11.6 Å². The van der Waals surface area contributed by atoms with Gasteiger partial charge in [-0.15, -0.1) is 0 Å². The Morgan fingerprint density at radius 1 is 1.53 bits per heavy atom. The van der Waals surface area contributed by atoms with Crippen molar-refractivity contribution in [3.8, 4) is 0 Å². The number of halogens is 1. The molecule has 0 radical (unpaired) electrons. The average molecular weight is 256 g/mol. The minimum absolute atomic E-state index is 0.144. The molecule has 1 atom stereocenters. The summed E-state index contributed by atoms with van der Waals surface area (Å²) in [5.41, 5.74) is 5.94. The van der Waals surface area contributed by atoms with Crippen molar-refractivity contribution < 1.29 is 19.1 Å². The molecule has 0 amide bonds. The van der Waals surface area contributed by atoms with Crippen LogP contribution in [0.15, 0.2) is 18.2 Å². The highest BCUT2D eigenvalue weighted by Gasteiger charge is 2.31. The third-order valence-corrected chi connectivity index (χ3v) is 2.74. The lowest BCUT2D eigenvalue weighted by Gasteiger charge is -2.10. The Bertz CT molecular complexity index is 475. The van der Waals surface area contributed by atoms with Gasteiger partial charge in [0.05, 0.1) is 22.9 Å². The summed E-state index contributed by atoms with van der Waals surface area (Å²) in [6.45, 7) is 0.266. The summed E-state index contributed by atoms with van der Waals surface area (Å²) in [4.78, 5) is 22.9. The molecule has 1 saturated heterocycles. The van der Waals surface area contributed by atoms with Crippen molar-refractivity contribution in [1.82, 2.24) is 0 Å². The van der Waals surface area contributed by atoms with Crippen LogP contribution in [0.5, 0.6) is 0 Å². The van der Waals surface area contributed by atoms with E-state index in [0.29, 0.717) is 6.42 Å². The van der Waals surface area contributed by atoms with Crippen LogP contribution in [0.3, 0.4) is 0 Å². The molecule has 1 aromatic rings. The molecule has 0 aliphatic carbocycles. The van der Waals surface area contributed by atoms with Gasteiger partial charge >= 0.3 is 11.9 Å². The number of anilines is 1. The van der Waals surface area contributed by atoms with E-state index in [-0.39, 0.29) is 22.9 Å². The standard InChI is InChI=1S/C11H10ClNO4/c12-7-3-1-2-6(9(7)13)10(14)17-8-4-5-16-11(8)15/h1-3,8H,4-5,13H2. The zero-order valence-electron chi connectivity index (χ0n) is 8.81. The molecule has 1 fully saturated rings. The molecular formula is C11H10ClNO4. The summed E-state index contributed by atoms with van der Waals surface area (Å²) in [5.74, 6) is -1.20. The third kappa shape index (κ3) is 2.34. The van der Waals surface area contributed by atoms with Crippen molar-refractivity contribution in [3.05, 3.63) is 28.8 Å². The Kier molecular flexibility index (Phi) is 3.19. The molecule has 1 aromatic carbocycles. The lowest BCUT2D eigenvalue weighted by molar-refractivity contribution is -0.145. The Morgan fingerprint density at radius 3 is 2.94 bits per heavy atom. The van der Waals surface area contributed by atoms with Crippen molar-refractivity contribution in [1.29, 1.82) is 0 Å². The van der Waals surface area contributed by atoms with Gasteiger partial charge in [-0.25, -0.2) is 9.59 Å². The molecule has 1 aliphatic rings. The Morgan fingerprint density at radius 2 is 2.29 bits per heavy atom. The first kappa shape index (κ1) is 11.7. The molecule has 0 spiro atoms. The van der Waals surface area contributed by atoms with Gasteiger partial charge in [-0.05, 0) is 12.1 Å². The number of benzene rings is 1. The number of rotatable bonds is 2. The van der Waals surface area contributed by atoms with E-state index in [9.17, 15) is 9.59 Å². The first-order valence-corrected chi connectivity index (χ1v) is 5.39. The van der Waals surface area contributed by atoms with Gasteiger partial charge in [0.15, 0.2) is 0 Å². The van der Waals surface area contributed by atoms with E-state index in [1.165, 1.54) is 6.07 Å². The molecule has 90 valence electrons. The fourth-order valence-corrected chi connectivity index (χ4v) is 1.67. The van der Waals surface area contributed by atoms with Crippen LogP contribution in [0, 0.1) is 0 Å². The molecule has 2 rings (SSSR count). The monoisotopic (exact) mass is 255 g/mol. The summed E-state index contributed by atoms with van der Waals surface area (Å²) in [6.07, 6.45) is -0.480. The number of esters is 2. The van der Waals surface area contributed by atoms with E-state index >= 15 is 0 Å². The first-order valence-electron chi connectivity index (χ1n) is 5.01. The normalized spacial score (nSPS) is 18.9. The smallest absolute Gasteiger partial charge is 0.347 e. The van der Waals surface area contributed by atoms with E-state index in [0.717, 1.165) is 0 Å². The topological polar surface area (TPSA) is 78.6 Å². The number of cyclic esters (lactones) is 1. The molecule has 0 aromatic heterocycles. The predicted octanol–water partition coefficient (Wildman–Crippen LogP) is 1.39. The molecule has 1 aliphatic heterocycles. The van der Waals surface area contributed by atoms with Gasteiger partial charge in [0.1, 0.15) is 0 Å². The van der Waals surface area contributed by atoms with Crippen molar-refractivity contribution in [2.24, 2.45) is 0 Å². The molecule has 1 heterocycles. The van der Waals surface area contributed by atoms with Gasteiger partial charge in [-0.2, -0.15) is 0 Å².